The lowest BCUT2D eigenvalue weighted by molar-refractivity contribution is -0.156. The Morgan fingerprint density at radius 3 is 1.75 bits per heavy atom. The van der Waals surface area contributed by atoms with Gasteiger partial charge in [-0.15, -0.1) is 0 Å². The number of imide groups is 1. The van der Waals surface area contributed by atoms with Crippen LogP contribution in [0.4, 0.5) is 0 Å². The normalized spacial score (nSPS) is 20.8. The molecule has 2 aromatic rings. The highest BCUT2D eigenvalue weighted by Crippen LogP contribution is 2.37. The number of nitrogens with zero attached hydrogens (tertiary/aromatic N) is 2. The topological polar surface area (TPSA) is 74.8 Å². The van der Waals surface area contributed by atoms with E-state index >= 15 is 0 Å². The largest absolute Gasteiger partial charge is 0.292 e. The number of hydrogen-bond donors (Lipinski definition) is 0. The molecule has 0 radical (unpaired) electrons. The van der Waals surface area contributed by atoms with E-state index in [0.717, 1.165) is 10.0 Å². The van der Waals surface area contributed by atoms with Crippen molar-refractivity contribution in [1.82, 2.24) is 10.0 Å². The second-order valence-corrected chi connectivity index (χ2v) is 8.72. The molecule has 32 heavy (non-hydrogen) atoms. The first-order valence-electron chi connectivity index (χ1n) is 10.2. The SMILES string of the molecule is C[C@H](C(=O)c1ccc(Cl)cc1)N(C(=O)c1ccc(Cl)cc1)N1C(=O)[C@@H]2CC=CC[C@H]2C1=O. The van der Waals surface area contributed by atoms with E-state index in [-0.39, 0.29) is 5.56 Å². The van der Waals surface area contributed by atoms with Gasteiger partial charge in [0.25, 0.3) is 17.7 Å². The first-order chi connectivity index (χ1) is 15.3. The van der Waals surface area contributed by atoms with Gasteiger partial charge in [0.05, 0.1) is 11.8 Å². The molecular weight excluding hydrogens is 451 g/mol. The lowest BCUT2D eigenvalue weighted by atomic mass is 9.85. The number of amides is 3. The van der Waals surface area contributed by atoms with E-state index in [1.54, 1.807) is 24.3 Å². The van der Waals surface area contributed by atoms with Crippen LogP contribution < -0.4 is 0 Å². The summed E-state index contributed by atoms with van der Waals surface area (Å²) < 4.78 is 0. The molecule has 164 valence electrons. The maximum atomic E-state index is 13.5. The second-order valence-electron chi connectivity index (χ2n) is 7.85. The Labute approximate surface area is 195 Å². The van der Waals surface area contributed by atoms with Crippen LogP contribution in [0.15, 0.2) is 60.7 Å². The Kier molecular flexibility index (Phi) is 6.17. The molecule has 0 aromatic heterocycles. The van der Waals surface area contributed by atoms with Gasteiger partial charge in [0.1, 0.15) is 6.04 Å². The van der Waals surface area contributed by atoms with Gasteiger partial charge < -0.3 is 0 Å². The van der Waals surface area contributed by atoms with E-state index < -0.39 is 41.4 Å². The van der Waals surface area contributed by atoms with Crippen molar-refractivity contribution < 1.29 is 19.2 Å². The molecule has 8 heteroatoms. The molecule has 6 nitrogen and oxygen atoms in total. The number of fused-ring (bicyclic) bond motifs is 1. The Balaban J connectivity index is 1.74. The summed E-state index contributed by atoms with van der Waals surface area (Å²) in [4.78, 5) is 53.2. The highest BCUT2D eigenvalue weighted by atomic mass is 35.5. The fourth-order valence-corrected chi connectivity index (χ4v) is 4.38. The minimum absolute atomic E-state index is 0.207. The van der Waals surface area contributed by atoms with Gasteiger partial charge in [0, 0.05) is 21.2 Å². The van der Waals surface area contributed by atoms with Crippen molar-refractivity contribution >= 4 is 46.7 Å². The number of carbonyl (C=O) groups is 4. The first kappa shape index (κ1) is 22.2. The molecule has 2 aromatic carbocycles. The second kappa shape index (κ2) is 8.88. The number of benzene rings is 2. The lowest BCUT2D eigenvalue weighted by Crippen LogP contribution is -2.56. The van der Waals surface area contributed by atoms with Gasteiger partial charge in [0.15, 0.2) is 5.78 Å². The molecule has 4 rings (SSSR count). The molecule has 1 fully saturated rings. The third-order valence-corrected chi connectivity index (χ3v) is 6.38. The summed E-state index contributed by atoms with van der Waals surface area (Å²) in [6, 6.07) is 11.2. The Morgan fingerprint density at radius 1 is 0.844 bits per heavy atom. The fourth-order valence-electron chi connectivity index (χ4n) is 4.13. The number of ketones is 1. The third kappa shape index (κ3) is 3.96. The zero-order valence-electron chi connectivity index (χ0n) is 17.2. The summed E-state index contributed by atoms with van der Waals surface area (Å²) in [5.41, 5.74) is 0.521. The Bertz CT molecular complexity index is 1090. The quantitative estimate of drug-likeness (QED) is 0.364. The molecule has 0 bridgehead atoms. The van der Waals surface area contributed by atoms with E-state index in [1.165, 1.54) is 31.2 Å². The summed E-state index contributed by atoms with van der Waals surface area (Å²) in [7, 11) is 0. The van der Waals surface area contributed by atoms with E-state index in [0.29, 0.717) is 28.5 Å². The summed E-state index contributed by atoms with van der Waals surface area (Å²) in [6.45, 7) is 1.51. The Morgan fingerprint density at radius 2 is 1.28 bits per heavy atom. The van der Waals surface area contributed by atoms with Crippen LogP contribution in [0.2, 0.25) is 10.0 Å². The van der Waals surface area contributed by atoms with Gasteiger partial charge in [0.2, 0.25) is 0 Å². The Hall–Kier alpha value is -2.96. The predicted octanol–water partition coefficient (Wildman–Crippen LogP) is 4.57. The molecule has 3 amide bonds. The average molecular weight is 471 g/mol. The van der Waals surface area contributed by atoms with Crippen LogP contribution in [0.25, 0.3) is 0 Å². The monoisotopic (exact) mass is 470 g/mol. The van der Waals surface area contributed by atoms with Gasteiger partial charge in [-0.05, 0) is 68.3 Å². The van der Waals surface area contributed by atoms with Crippen LogP contribution in [0.1, 0.15) is 40.5 Å². The molecule has 0 N–H and O–H groups in total. The molecule has 0 unspecified atom stereocenters. The van der Waals surface area contributed by atoms with Crippen molar-refractivity contribution in [3.63, 3.8) is 0 Å². The van der Waals surface area contributed by atoms with Gasteiger partial charge in [-0.2, -0.15) is 5.01 Å². The first-order valence-corrected chi connectivity index (χ1v) is 11.0. The number of hydrogen-bond acceptors (Lipinski definition) is 4. The molecule has 0 spiro atoms. The minimum atomic E-state index is -1.11. The minimum Gasteiger partial charge on any atom is -0.292 e. The molecular formula is C24H20Cl2N2O4. The van der Waals surface area contributed by atoms with Crippen molar-refractivity contribution in [2.24, 2.45) is 11.8 Å². The molecule has 3 atom stereocenters. The van der Waals surface area contributed by atoms with Gasteiger partial charge in [-0.25, -0.2) is 5.01 Å². The van der Waals surface area contributed by atoms with Gasteiger partial charge in [-0.3, -0.25) is 19.2 Å². The summed E-state index contributed by atoms with van der Waals surface area (Å²) in [5, 5.41) is 2.76. The summed E-state index contributed by atoms with van der Waals surface area (Å²) in [5.74, 6) is -3.07. The fraction of sp³-hybridized carbons (Fsp3) is 0.250. The van der Waals surface area contributed by atoms with E-state index in [2.05, 4.69) is 0 Å². The molecule has 1 saturated heterocycles. The van der Waals surface area contributed by atoms with Crippen molar-refractivity contribution in [3.05, 3.63) is 81.9 Å². The predicted molar refractivity (Wildman–Crippen MR) is 120 cm³/mol. The van der Waals surface area contributed by atoms with Crippen molar-refractivity contribution in [1.29, 1.82) is 0 Å². The molecule has 1 aliphatic carbocycles. The van der Waals surface area contributed by atoms with Crippen molar-refractivity contribution in [2.45, 2.75) is 25.8 Å². The molecule has 1 aliphatic heterocycles. The average Bonchev–Trinajstić information content (AvgIpc) is 3.05. The highest BCUT2D eigenvalue weighted by Gasteiger charge is 2.52. The zero-order chi connectivity index (χ0) is 23.0. The molecule has 1 heterocycles. The van der Waals surface area contributed by atoms with Crippen LogP contribution in [0, 0.1) is 11.8 Å². The van der Waals surface area contributed by atoms with Crippen molar-refractivity contribution in [2.75, 3.05) is 0 Å². The summed E-state index contributed by atoms with van der Waals surface area (Å²) in [6.07, 6.45) is 4.58. The number of hydrazine groups is 1. The van der Waals surface area contributed by atoms with Crippen LogP contribution in [0.5, 0.6) is 0 Å². The number of carbonyl (C=O) groups excluding carboxylic acids is 4. The van der Waals surface area contributed by atoms with Crippen LogP contribution >= 0.6 is 23.2 Å². The number of halogens is 2. The number of rotatable bonds is 5. The highest BCUT2D eigenvalue weighted by molar-refractivity contribution is 6.31. The third-order valence-electron chi connectivity index (χ3n) is 5.87. The standard InChI is InChI=1S/C24H20Cl2N2O4/c1-14(21(29)15-6-10-17(25)11-7-15)27(22(30)16-8-12-18(26)13-9-16)28-23(31)19-4-2-3-5-20(19)24(28)32/h2-3,6-14,19-20H,4-5H2,1H3/t14-,19-,20-/m1/s1. The maximum Gasteiger partial charge on any atom is 0.273 e. The zero-order valence-corrected chi connectivity index (χ0v) is 18.7. The molecule has 0 saturated carbocycles. The number of Topliss-reactive ketones (excluding diaryl/α,β-unsaturated/α-hetero) is 1. The van der Waals surface area contributed by atoms with E-state index in [4.69, 9.17) is 23.2 Å². The molecule has 2 aliphatic rings. The smallest absolute Gasteiger partial charge is 0.273 e. The van der Waals surface area contributed by atoms with Crippen LogP contribution in [-0.2, 0) is 9.59 Å². The van der Waals surface area contributed by atoms with Crippen LogP contribution in [0.3, 0.4) is 0 Å². The van der Waals surface area contributed by atoms with Crippen LogP contribution in [-0.4, -0.2) is 39.6 Å². The number of allylic oxidation sites excluding steroid dienone is 2. The van der Waals surface area contributed by atoms with E-state index in [9.17, 15) is 19.2 Å². The summed E-state index contributed by atoms with van der Waals surface area (Å²) >= 11 is 11.9. The van der Waals surface area contributed by atoms with Crippen molar-refractivity contribution in [3.8, 4) is 0 Å². The van der Waals surface area contributed by atoms with E-state index in [1.807, 2.05) is 12.2 Å². The lowest BCUT2D eigenvalue weighted by Gasteiger charge is -2.34. The van der Waals surface area contributed by atoms with Gasteiger partial charge in [-0.1, -0.05) is 35.4 Å². The van der Waals surface area contributed by atoms with Gasteiger partial charge >= 0.3 is 0 Å². The maximum absolute atomic E-state index is 13.5.